The fourth-order valence-electron chi connectivity index (χ4n) is 0.964. The summed E-state index contributed by atoms with van der Waals surface area (Å²) in [6.07, 6.45) is 0. The van der Waals surface area contributed by atoms with E-state index in [2.05, 4.69) is 0 Å². The molecule has 0 aliphatic rings. The van der Waals surface area contributed by atoms with Gasteiger partial charge in [-0.2, -0.15) is 0 Å². The fourth-order valence-corrected chi connectivity index (χ4v) is 2.00. The summed E-state index contributed by atoms with van der Waals surface area (Å²) in [7, 11) is 0. The molecule has 0 bridgehead atoms. The van der Waals surface area contributed by atoms with E-state index >= 15 is 0 Å². The first-order chi connectivity index (χ1) is 7.44. The molecule has 106 valence electrons. The van der Waals surface area contributed by atoms with E-state index in [4.69, 9.17) is 49.7 Å². The largest absolute Gasteiger partial charge is 1.00 e. The Balaban J connectivity index is -0.000000218. The van der Waals surface area contributed by atoms with Crippen LogP contribution in [-0.2, 0) is 47.6 Å². The third-order valence-electron chi connectivity index (χ3n) is 2.04. The molecule has 2 nitrogen and oxygen atoms in total. The van der Waals surface area contributed by atoms with Crippen LogP contribution in [0.25, 0.3) is 0 Å². The van der Waals surface area contributed by atoms with Crippen molar-refractivity contribution in [3.8, 4) is 0 Å². The zero-order chi connectivity index (χ0) is 13.1. The van der Waals surface area contributed by atoms with Gasteiger partial charge in [-0.25, -0.2) is 0 Å². The van der Waals surface area contributed by atoms with Gasteiger partial charge in [0.1, 0.15) is 0 Å². The molecule has 0 radical (unpaired) electrons. The van der Waals surface area contributed by atoms with Crippen molar-refractivity contribution in [1.82, 2.24) is 9.80 Å². The molecule has 0 saturated heterocycles. The molecule has 0 spiro atoms. The molecule has 0 heterocycles. The first-order valence-electron chi connectivity index (χ1n) is 5.36. The number of thiocarbonyl (C=S) groups is 2. The normalized spacial score (nSPS) is 8.24. The van der Waals surface area contributed by atoms with E-state index in [1.807, 2.05) is 37.5 Å². The maximum atomic E-state index is 4.76. The average molecular weight is 404 g/mol. The van der Waals surface area contributed by atoms with Gasteiger partial charge in [-0.15, -0.1) is 0 Å². The molecule has 0 rings (SSSR count). The Labute approximate surface area is 143 Å². The van der Waals surface area contributed by atoms with Gasteiger partial charge in [0, 0.05) is 26.2 Å². The molecule has 0 aliphatic carbocycles. The first-order valence-corrected chi connectivity index (χ1v) is 6.99. The molecule has 0 amide bonds. The first kappa shape index (κ1) is 23.1. The fraction of sp³-hybridized carbons (Fsp3) is 0.800. The van der Waals surface area contributed by atoms with Gasteiger partial charge in [0.2, 0.25) is 0 Å². The quantitative estimate of drug-likeness (QED) is 0.400. The Morgan fingerprint density at radius 2 is 0.941 bits per heavy atom. The minimum absolute atomic E-state index is 0. The number of rotatable bonds is 4. The van der Waals surface area contributed by atoms with E-state index < -0.39 is 0 Å². The van der Waals surface area contributed by atoms with Gasteiger partial charge in [0.05, 0.1) is 0 Å². The molecule has 0 saturated carbocycles. The van der Waals surface area contributed by atoms with Crippen LogP contribution in [0, 0.1) is 0 Å². The van der Waals surface area contributed by atoms with E-state index in [0.717, 1.165) is 26.2 Å². The van der Waals surface area contributed by atoms with Gasteiger partial charge >= 0.3 is 22.4 Å². The van der Waals surface area contributed by atoms with E-state index in [1.165, 1.54) is 0 Å². The maximum absolute atomic E-state index is 4.76. The second-order valence-electron chi connectivity index (χ2n) is 2.88. The summed E-state index contributed by atoms with van der Waals surface area (Å²) >= 11 is 19.0. The SMILES string of the molecule is CCN(CC)C(=S)[S-].CCN(CC)C(=S)[S-].[Ag+]. The minimum atomic E-state index is 0. The number of nitrogens with zero attached hydrogens (tertiary/aromatic N) is 2. The van der Waals surface area contributed by atoms with Crippen LogP contribution >= 0.6 is 24.4 Å². The van der Waals surface area contributed by atoms with Crippen LogP contribution in [0.5, 0.6) is 0 Å². The second-order valence-corrected chi connectivity index (χ2v) is 4.94. The van der Waals surface area contributed by atoms with Crippen LogP contribution in [0.1, 0.15) is 27.7 Å². The molecule has 0 aromatic rings. The molecular weight excluding hydrogens is 384 g/mol. The molecule has 0 aromatic carbocycles. The Bertz CT molecular complexity index is 184. The third-order valence-corrected chi connectivity index (χ3v) is 3.08. The van der Waals surface area contributed by atoms with Gasteiger partial charge in [0.15, 0.2) is 0 Å². The van der Waals surface area contributed by atoms with Crippen LogP contribution < -0.4 is 0 Å². The van der Waals surface area contributed by atoms with E-state index in [0.29, 0.717) is 8.64 Å². The third kappa shape index (κ3) is 13.2. The standard InChI is InChI=1S/2C5H11NS2.Ag/c2*1-3-6(4-2)5(7)8;/h2*3-4H2,1-2H3,(H,7,8);/q;;+1/p-2. The monoisotopic (exact) mass is 403 g/mol. The summed E-state index contributed by atoms with van der Waals surface area (Å²) in [5.74, 6) is 0. The number of hydrogen-bond donors (Lipinski definition) is 0. The van der Waals surface area contributed by atoms with Crippen molar-refractivity contribution in [3.63, 3.8) is 0 Å². The van der Waals surface area contributed by atoms with E-state index in [1.54, 1.807) is 0 Å². The van der Waals surface area contributed by atoms with Crippen LogP contribution in [0.3, 0.4) is 0 Å². The Morgan fingerprint density at radius 3 is 0.941 bits per heavy atom. The Hall–Kier alpha value is 0.960. The maximum Gasteiger partial charge on any atom is 1.00 e. The van der Waals surface area contributed by atoms with Gasteiger partial charge in [-0.3, -0.25) is 0 Å². The van der Waals surface area contributed by atoms with Crippen LogP contribution in [0.4, 0.5) is 0 Å². The summed E-state index contributed by atoms with van der Waals surface area (Å²) < 4.78 is 1.16. The van der Waals surface area contributed by atoms with E-state index in [-0.39, 0.29) is 22.4 Å². The smallest absolute Gasteiger partial charge is 0.411 e. The second kappa shape index (κ2) is 15.0. The van der Waals surface area contributed by atoms with Gasteiger partial charge < -0.3 is 59.5 Å². The number of hydrogen-bond acceptors (Lipinski definition) is 4. The van der Waals surface area contributed by atoms with Crippen molar-refractivity contribution in [2.75, 3.05) is 26.2 Å². The summed E-state index contributed by atoms with van der Waals surface area (Å²) in [6, 6.07) is 0. The van der Waals surface area contributed by atoms with Crippen molar-refractivity contribution in [1.29, 1.82) is 0 Å². The predicted molar refractivity (Wildman–Crippen MR) is 85.8 cm³/mol. The molecule has 7 heteroatoms. The molecular formula is C10H20AgN2S4-. The summed E-state index contributed by atoms with van der Waals surface area (Å²) in [6.45, 7) is 11.9. The molecule has 0 aliphatic heterocycles. The van der Waals surface area contributed by atoms with E-state index in [9.17, 15) is 0 Å². The average Bonchev–Trinajstić information content (AvgIpc) is 2.21. The van der Waals surface area contributed by atoms with Crippen LogP contribution in [0.2, 0.25) is 0 Å². The van der Waals surface area contributed by atoms with Gasteiger partial charge in [-0.05, 0) is 27.7 Å². The van der Waals surface area contributed by atoms with Crippen molar-refractivity contribution in [3.05, 3.63) is 0 Å². The van der Waals surface area contributed by atoms with Crippen molar-refractivity contribution in [2.24, 2.45) is 0 Å². The van der Waals surface area contributed by atoms with Gasteiger partial charge in [0.25, 0.3) is 0 Å². The Morgan fingerprint density at radius 1 is 0.765 bits per heavy atom. The van der Waals surface area contributed by atoms with Crippen molar-refractivity contribution >= 4 is 58.3 Å². The molecule has 17 heavy (non-hydrogen) atoms. The zero-order valence-corrected chi connectivity index (χ0v) is 15.4. The van der Waals surface area contributed by atoms with Crippen molar-refractivity contribution in [2.45, 2.75) is 27.7 Å². The van der Waals surface area contributed by atoms with Gasteiger partial charge in [-0.1, -0.05) is 8.64 Å². The molecule has 0 fully saturated rings. The molecule has 0 atom stereocenters. The zero-order valence-electron chi connectivity index (χ0n) is 10.7. The Kier molecular flexibility index (Phi) is 20.4. The molecule has 0 aromatic heterocycles. The van der Waals surface area contributed by atoms with Crippen molar-refractivity contribution < 1.29 is 22.4 Å². The molecule has 0 unspecified atom stereocenters. The summed E-state index contributed by atoms with van der Waals surface area (Å²) in [4.78, 5) is 3.93. The topological polar surface area (TPSA) is 6.48 Å². The predicted octanol–water partition coefficient (Wildman–Crippen LogP) is 2.32. The molecule has 0 N–H and O–H groups in total. The summed E-state index contributed by atoms with van der Waals surface area (Å²) in [5.41, 5.74) is 0. The minimum Gasteiger partial charge on any atom is -0.411 e. The van der Waals surface area contributed by atoms with Crippen LogP contribution in [0.15, 0.2) is 0 Å². The summed E-state index contributed by atoms with van der Waals surface area (Å²) in [5, 5.41) is 0. The van der Waals surface area contributed by atoms with Crippen LogP contribution in [-0.4, -0.2) is 44.6 Å².